The summed E-state index contributed by atoms with van der Waals surface area (Å²) in [7, 11) is 0. The van der Waals surface area contributed by atoms with Crippen LogP contribution in [0.5, 0.6) is 17.2 Å². The van der Waals surface area contributed by atoms with E-state index in [9.17, 15) is 0 Å². The monoisotopic (exact) mass is 677 g/mol. The minimum absolute atomic E-state index is 0.317. The fourth-order valence-corrected chi connectivity index (χ4v) is 8.68. The number of fused-ring (bicyclic) bond motifs is 10. The van der Waals surface area contributed by atoms with Gasteiger partial charge < -0.3 is 18.4 Å². The van der Waals surface area contributed by atoms with Crippen LogP contribution in [-0.4, -0.2) is 11.5 Å². The van der Waals surface area contributed by atoms with Gasteiger partial charge in [-0.05, 0) is 88.5 Å². The molecular weight excluding hydrogens is 649 g/mol. The summed E-state index contributed by atoms with van der Waals surface area (Å²) in [4.78, 5) is 0. The lowest BCUT2D eigenvalue weighted by molar-refractivity contribution is 0.478. The fourth-order valence-electron chi connectivity index (χ4n) is 8.68. The van der Waals surface area contributed by atoms with E-state index in [-0.39, 0.29) is 6.92 Å². The van der Waals surface area contributed by atoms with E-state index in [2.05, 4.69) is 156 Å². The number of hydrogen-bond acceptors (Lipinski definition) is 3. The molecule has 2 aromatic heterocycles. The van der Waals surface area contributed by atoms with Crippen LogP contribution in [0.25, 0.3) is 82.8 Å². The quantitative estimate of drug-likeness (QED) is 0.175. The van der Waals surface area contributed by atoms with Crippen molar-refractivity contribution in [3.8, 4) is 56.3 Å². The summed E-state index contributed by atoms with van der Waals surface area (Å²) in [6.45, 7) is -0.317. The number of ether oxygens (including phenoxy) is 1. The molecule has 4 heterocycles. The maximum atomic E-state index is 7.13. The zero-order valence-corrected chi connectivity index (χ0v) is 28.4. The third-order valence-corrected chi connectivity index (χ3v) is 11.1. The highest BCUT2D eigenvalue weighted by Gasteiger charge is 2.42. The Morgan fingerprint density at radius 1 is 0.434 bits per heavy atom. The van der Waals surface area contributed by atoms with Crippen molar-refractivity contribution in [2.24, 2.45) is 0 Å². The van der Waals surface area contributed by atoms with Gasteiger partial charge in [0.25, 0.3) is 0 Å². The number of aromatic nitrogens is 1. The molecule has 0 saturated heterocycles. The number of nitrogens with zero attached hydrogens (tertiary/aromatic N) is 1. The summed E-state index contributed by atoms with van der Waals surface area (Å²) in [5, 5.41) is 4.69. The SMILES string of the molecule is c1cc(-c2cc3c4c(c2)-c2ccccc2OB4c2cccc(-n4c5ccccc5c5ccccc54)c2O3)cc(-c2ccc3c(c2)oc2ccccc23)c1. The molecule has 0 fully saturated rings. The number of hydrogen-bond donors (Lipinski definition) is 0. The van der Waals surface area contributed by atoms with Crippen LogP contribution < -0.4 is 20.3 Å². The van der Waals surface area contributed by atoms with Crippen molar-refractivity contribution in [1.82, 2.24) is 4.57 Å². The molecule has 4 nitrogen and oxygen atoms in total. The average molecular weight is 678 g/mol. The Bertz CT molecular complexity index is 3100. The Kier molecular flexibility index (Phi) is 5.83. The van der Waals surface area contributed by atoms with Gasteiger partial charge in [-0.2, -0.15) is 0 Å². The van der Waals surface area contributed by atoms with Crippen LogP contribution >= 0.6 is 0 Å². The van der Waals surface area contributed by atoms with E-state index in [0.717, 1.165) is 100 Å². The first-order valence-corrected chi connectivity index (χ1v) is 18.0. The normalized spacial score (nSPS) is 12.8. The third-order valence-electron chi connectivity index (χ3n) is 11.1. The Balaban J connectivity index is 1.04. The molecule has 0 radical (unpaired) electrons. The lowest BCUT2D eigenvalue weighted by Gasteiger charge is -2.34. The minimum Gasteiger partial charge on any atom is -0.551 e. The molecule has 0 aliphatic carbocycles. The fraction of sp³-hybridized carbons (Fsp3) is 0. The lowest BCUT2D eigenvalue weighted by atomic mass is 9.50. The van der Waals surface area contributed by atoms with Gasteiger partial charge in [0.05, 0.1) is 16.7 Å². The van der Waals surface area contributed by atoms with Crippen molar-refractivity contribution in [2.45, 2.75) is 0 Å². The Morgan fingerprint density at radius 2 is 1.11 bits per heavy atom. The molecule has 53 heavy (non-hydrogen) atoms. The van der Waals surface area contributed by atoms with Crippen molar-refractivity contribution in [3.63, 3.8) is 0 Å². The van der Waals surface area contributed by atoms with Crippen LogP contribution in [-0.2, 0) is 0 Å². The van der Waals surface area contributed by atoms with E-state index in [0.29, 0.717) is 0 Å². The number of benzene rings is 8. The first-order chi connectivity index (χ1) is 26.3. The second-order valence-corrected chi connectivity index (χ2v) is 14.0. The number of furan rings is 1. The molecule has 10 aromatic rings. The van der Waals surface area contributed by atoms with Crippen molar-refractivity contribution in [2.75, 3.05) is 0 Å². The number of para-hydroxylation sites is 5. The molecule has 8 aromatic carbocycles. The average Bonchev–Trinajstić information content (AvgIpc) is 3.76. The molecule has 2 aliphatic heterocycles. The minimum atomic E-state index is -0.317. The highest BCUT2D eigenvalue weighted by atomic mass is 16.5. The second-order valence-electron chi connectivity index (χ2n) is 14.0. The third kappa shape index (κ3) is 4.13. The van der Waals surface area contributed by atoms with Crippen molar-refractivity contribution in [3.05, 3.63) is 170 Å². The molecule has 2 aliphatic rings. The molecule has 0 amide bonds. The standard InChI is InChI=1S/C48H28BNO3/c1-5-18-40-33(13-1)34-14-2-6-19-41(34)50(40)42-20-10-17-39-48(42)52-46-28-32(26-38-36-16-4-8-22-44(36)53-49(39)47(38)46)30-12-9-11-29(25-30)31-23-24-37-35-15-3-7-21-43(35)51-45(37)27-31/h1-28H. The lowest BCUT2D eigenvalue weighted by Crippen LogP contribution is -2.53. The molecule has 0 spiro atoms. The smallest absolute Gasteiger partial charge is 0.434 e. The predicted octanol–water partition coefficient (Wildman–Crippen LogP) is 11.3. The van der Waals surface area contributed by atoms with Crippen LogP contribution in [0.2, 0.25) is 0 Å². The highest BCUT2D eigenvalue weighted by Crippen LogP contribution is 2.44. The highest BCUT2D eigenvalue weighted by molar-refractivity contribution is 6.84. The maximum Gasteiger partial charge on any atom is 0.434 e. The molecule has 0 N–H and O–H groups in total. The van der Waals surface area contributed by atoms with Crippen LogP contribution in [0.4, 0.5) is 0 Å². The Labute approximate surface area is 305 Å². The van der Waals surface area contributed by atoms with Crippen LogP contribution in [0.1, 0.15) is 0 Å². The van der Waals surface area contributed by atoms with E-state index in [1.165, 1.54) is 10.8 Å². The molecule has 0 atom stereocenters. The van der Waals surface area contributed by atoms with Gasteiger partial charge in [-0.15, -0.1) is 0 Å². The maximum absolute atomic E-state index is 7.13. The van der Waals surface area contributed by atoms with Gasteiger partial charge in [0.2, 0.25) is 0 Å². The molecule has 12 rings (SSSR count). The second kappa shape index (κ2) is 10.8. The molecule has 0 unspecified atom stereocenters. The molecule has 246 valence electrons. The van der Waals surface area contributed by atoms with E-state index in [4.69, 9.17) is 13.8 Å². The van der Waals surface area contributed by atoms with Gasteiger partial charge in [0, 0.05) is 38.0 Å². The van der Waals surface area contributed by atoms with Crippen LogP contribution in [0.3, 0.4) is 0 Å². The zero-order valence-electron chi connectivity index (χ0n) is 28.4. The van der Waals surface area contributed by atoms with Gasteiger partial charge >= 0.3 is 6.92 Å². The summed E-state index contributed by atoms with van der Waals surface area (Å²) in [6.07, 6.45) is 0. The van der Waals surface area contributed by atoms with Gasteiger partial charge in [-0.1, -0.05) is 109 Å². The summed E-state index contributed by atoms with van der Waals surface area (Å²) < 4.78 is 22.6. The molecular formula is C48H28BNO3. The van der Waals surface area contributed by atoms with E-state index in [1.54, 1.807) is 0 Å². The van der Waals surface area contributed by atoms with E-state index >= 15 is 0 Å². The van der Waals surface area contributed by atoms with Gasteiger partial charge in [0.15, 0.2) is 0 Å². The van der Waals surface area contributed by atoms with Crippen molar-refractivity contribution >= 4 is 61.6 Å². The van der Waals surface area contributed by atoms with Crippen molar-refractivity contribution < 1.29 is 13.8 Å². The first-order valence-electron chi connectivity index (χ1n) is 18.0. The predicted molar refractivity (Wildman–Crippen MR) is 217 cm³/mol. The van der Waals surface area contributed by atoms with Crippen molar-refractivity contribution in [1.29, 1.82) is 0 Å². The first kappa shape index (κ1) is 28.7. The van der Waals surface area contributed by atoms with Gasteiger partial charge in [0.1, 0.15) is 28.4 Å². The van der Waals surface area contributed by atoms with Crippen LogP contribution in [0, 0.1) is 0 Å². The summed E-state index contributed by atoms with van der Waals surface area (Å²) in [5.41, 5.74) is 13.8. The van der Waals surface area contributed by atoms with E-state index in [1.807, 2.05) is 18.2 Å². The summed E-state index contributed by atoms with van der Waals surface area (Å²) >= 11 is 0. The molecule has 0 saturated carbocycles. The number of rotatable bonds is 3. The topological polar surface area (TPSA) is 36.5 Å². The van der Waals surface area contributed by atoms with Crippen LogP contribution in [0.15, 0.2) is 174 Å². The zero-order chi connectivity index (χ0) is 34.6. The summed E-state index contributed by atoms with van der Waals surface area (Å²) in [6, 6.07) is 59.9. The Hall–Kier alpha value is -6.98. The van der Waals surface area contributed by atoms with Gasteiger partial charge in [-0.25, -0.2) is 0 Å². The van der Waals surface area contributed by atoms with E-state index < -0.39 is 0 Å². The molecule has 0 bridgehead atoms. The van der Waals surface area contributed by atoms with Gasteiger partial charge in [-0.3, -0.25) is 0 Å². The largest absolute Gasteiger partial charge is 0.551 e. The summed E-state index contributed by atoms with van der Waals surface area (Å²) in [5.74, 6) is 2.50. The molecule has 5 heteroatoms. The Morgan fingerprint density at radius 3 is 1.96 bits per heavy atom.